The first-order valence-corrected chi connectivity index (χ1v) is 10.1. The fourth-order valence-corrected chi connectivity index (χ4v) is 3.97. The molecule has 0 bridgehead atoms. The first-order valence-electron chi connectivity index (χ1n) is 10.1. The van der Waals surface area contributed by atoms with Crippen molar-refractivity contribution in [2.75, 3.05) is 18.0 Å². The molecule has 1 aromatic heterocycles. The largest absolute Gasteiger partial charge is 0.443 e. The predicted octanol–water partition coefficient (Wildman–Crippen LogP) is 4.92. The number of pyridine rings is 1. The Balaban J connectivity index is 1.93. The normalized spacial score (nSPS) is 21.5. The molecule has 0 aromatic carbocycles. The highest BCUT2D eigenvalue weighted by atomic mass is 16.6. The summed E-state index contributed by atoms with van der Waals surface area (Å²) in [6, 6.07) is 4.70. The smallest absolute Gasteiger partial charge is 0.416 e. The molecular weight excluding hydrogens is 326 g/mol. The van der Waals surface area contributed by atoms with Crippen LogP contribution in [-0.2, 0) is 4.74 Å². The Hall–Kier alpha value is -1.62. The van der Waals surface area contributed by atoms with Gasteiger partial charge in [-0.15, -0.1) is 0 Å². The van der Waals surface area contributed by atoms with Gasteiger partial charge in [0.15, 0.2) is 0 Å². The highest BCUT2D eigenvalue weighted by Crippen LogP contribution is 2.39. The quantitative estimate of drug-likeness (QED) is 0.748. The summed E-state index contributed by atoms with van der Waals surface area (Å²) in [5, 5.41) is 0. The number of rotatable bonds is 5. The zero-order chi connectivity index (χ0) is 18.7. The van der Waals surface area contributed by atoms with Crippen LogP contribution < -0.4 is 4.90 Å². The predicted molar refractivity (Wildman–Crippen MR) is 104 cm³/mol. The first kappa shape index (κ1) is 19.2. The molecule has 2 heterocycles. The third-order valence-corrected chi connectivity index (χ3v) is 5.31. The molecule has 1 saturated carbocycles. The van der Waals surface area contributed by atoms with E-state index >= 15 is 0 Å². The number of anilines is 1. The molecule has 0 spiro atoms. The van der Waals surface area contributed by atoms with E-state index < -0.39 is 5.60 Å². The van der Waals surface area contributed by atoms with Crippen LogP contribution in [0.1, 0.15) is 77.8 Å². The number of likely N-dealkylation sites (tertiary alicyclic amines) is 1. The molecule has 5 nitrogen and oxygen atoms in total. The molecule has 144 valence electrons. The van der Waals surface area contributed by atoms with Crippen molar-refractivity contribution in [3.05, 3.63) is 23.9 Å². The van der Waals surface area contributed by atoms with Crippen LogP contribution in [-0.4, -0.2) is 40.7 Å². The minimum atomic E-state index is -0.504. The van der Waals surface area contributed by atoms with Gasteiger partial charge in [0.25, 0.3) is 0 Å². The topological polar surface area (TPSA) is 45.7 Å². The minimum absolute atomic E-state index is 0.208. The highest BCUT2D eigenvalue weighted by molar-refractivity contribution is 5.88. The van der Waals surface area contributed by atoms with E-state index in [0.29, 0.717) is 6.04 Å². The Kier molecular flexibility index (Phi) is 5.86. The van der Waals surface area contributed by atoms with Gasteiger partial charge in [0.05, 0.1) is 0 Å². The molecule has 1 aliphatic heterocycles. The summed E-state index contributed by atoms with van der Waals surface area (Å²) in [4.78, 5) is 22.1. The van der Waals surface area contributed by atoms with E-state index in [1.54, 1.807) is 6.20 Å². The second-order valence-electron chi connectivity index (χ2n) is 8.55. The average molecular weight is 360 g/mol. The number of amides is 1. The van der Waals surface area contributed by atoms with Crippen LogP contribution in [0.5, 0.6) is 0 Å². The van der Waals surface area contributed by atoms with Gasteiger partial charge in [-0.05, 0) is 78.5 Å². The van der Waals surface area contributed by atoms with E-state index in [9.17, 15) is 4.79 Å². The Morgan fingerprint density at radius 1 is 1.31 bits per heavy atom. The molecule has 3 rings (SSSR count). The van der Waals surface area contributed by atoms with Crippen LogP contribution in [0.2, 0.25) is 0 Å². The summed E-state index contributed by atoms with van der Waals surface area (Å²) < 4.78 is 5.74. The third-order valence-electron chi connectivity index (χ3n) is 5.31. The number of hydrogen-bond acceptors (Lipinski definition) is 4. The van der Waals surface area contributed by atoms with Crippen molar-refractivity contribution in [2.24, 2.45) is 0 Å². The van der Waals surface area contributed by atoms with Crippen molar-refractivity contribution >= 4 is 11.9 Å². The molecule has 2 fully saturated rings. The maximum atomic E-state index is 13.0. The fraction of sp³-hybridized carbons (Fsp3) is 0.714. The summed E-state index contributed by atoms with van der Waals surface area (Å²) in [5.41, 5.74) is 0.673. The lowest BCUT2D eigenvalue weighted by Gasteiger charge is -2.39. The molecule has 26 heavy (non-hydrogen) atoms. The SMILES string of the molecule is CCCN1CCCC1c1cccnc1N(C(=O)OC(C)(C)C)C1CCC1. The van der Waals surface area contributed by atoms with Crippen LogP contribution in [0.15, 0.2) is 18.3 Å². The Labute approximate surface area is 157 Å². The molecule has 1 aliphatic carbocycles. The molecule has 1 atom stereocenters. The summed E-state index contributed by atoms with van der Waals surface area (Å²) in [6.07, 6.45) is 8.23. The second-order valence-corrected chi connectivity index (χ2v) is 8.55. The maximum absolute atomic E-state index is 13.0. The van der Waals surface area contributed by atoms with Crippen LogP contribution in [0, 0.1) is 0 Å². The average Bonchev–Trinajstić information content (AvgIpc) is 2.97. The van der Waals surface area contributed by atoms with Crippen molar-refractivity contribution in [1.29, 1.82) is 0 Å². The fourth-order valence-electron chi connectivity index (χ4n) is 3.97. The number of ether oxygens (including phenoxy) is 1. The van der Waals surface area contributed by atoms with Gasteiger partial charge in [-0.2, -0.15) is 0 Å². The van der Waals surface area contributed by atoms with E-state index in [1.807, 2.05) is 31.7 Å². The molecule has 1 unspecified atom stereocenters. The van der Waals surface area contributed by atoms with Gasteiger partial charge >= 0.3 is 6.09 Å². The zero-order valence-electron chi connectivity index (χ0n) is 16.7. The van der Waals surface area contributed by atoms with E-state index in [-0.39, 0.29) is 12.1 Å². The van der Waals surface area contributed by atoms with Gasteiger partial charge in [0.1, 0.15) is 11.4 Å². The third kappa shape index (κ3) is 4.20. The van der Waals surface area contributed by atoms with Gasteiger partial charge in [0.2, 0.25) is 0 Å². The van der Waals surface area contributed by atoms with Crippen LogP contribution in [0.3, 0.4) is 0 Å². The van der Waals surface area contributed by atoms with Gasteiger partial charge in [-0.1, -0.05) is 13.0 Å². The molecular formula is C21H33N3O2. The second kappa shape index (κ2) is 7.95. The Bertz CT molecular complexity index is 622. The van der Waals surface area contributed by atoms with E-state index in [1.165, 1.54) is 12.0 Å². The van der Waals surface area contributed by atoms with Gasteiger partial charge in [-0.25, -0.2) is 9.78 Å². The van der Waals surface area contributed by atoms with Crippen molar-refractivity contribution in [3.63, 3.8) is 0 Å². The summed E-state index contributed by atoms with van der Waals surface area (Å²) in [7, 11) is 0. The van der Waals surface area contributed by atoms with E-state index in [0.717, 1.165) is 51.0 Å². The van der Waals surface area contributed by atoms with Crippen LogP contribution in [0.25, 0.3) is 0 Å². The van der Waals surface area contributed by atoms with Crippen LogP contribution >= 0.6 is 0 Å². The molecule has 2 aliphatic rings. The van der Waals surface area contributed by atoms with E-state index in [4.69, 9.17) is 4.74 Å². The molecule has 0 N–H and O–H groups in total. The Morgan fingerprint density at radius 3 is 2.69 bits per heavy atom. The lowest BCUT2D eigenvalue weighted by Crippen LogP contribution is -2.48. The van der Waals surface area contributed by atoms with Gasteiger partial charge < -0.3 is 4.74 Å². The van der Waals surface area contributed by atoms with Crippen molar-refractivity contribution < 1.29 is 9.53 Å². The molecule has 1 aromatic rings. The number of aromatic nitrogens is 1. The molecule has 1 amide bonds. The molecule has 0 radical (unpaired) electrons. The van der Waals surface area contributed by atoms with E-state index in [2.05, 4.69) is 22.9 Å². The summed E-state index contributed by atoms with van der Waals surface area (Å²) in [5.74, 6) is 0.805. The first-order chi connectivity index (χ1) is 12.4. The Morgan fingerprint density at radius 2 is 2.08 bits per heavy atom. The number of carbonyl (C=O) groups excluding carboxylic acids is 1. The number of nitrogens with zero attached hydrogens (tertiary/aromatic N) is 3. The van der Waals surface area contributed by atoms with Crippen molar-refractivity contribution in [3.8, 4) is 0 Å². The standard InChI is InChI=1S/C21H33N3O2/c1-5-14-23-15-8-12-18(23)17-11-7-13-22-19(17)24(16-9-6-10-16)20(25)26-21(2,3)4/h7,11,13,16,18H,5-6,8-10,12,14-15H2,1-4H3. The monoisotopic (exact) mass is 359 g/mol. The summed E-state index contributed by atoms with van der Waals surface area (Å²) >= 11 is 0. The maximum Gasteiger partial charge on any atom is 0.416 e. The molecule has 5 heteroatoms. The lowest BCUT2D eigenvalue weighted by atomic mass is 9.91. The summed E-state index contributed by atoms with van der Waals surface area (Å²) in [6.45, 7) is 10.2. The minimum Gasteiger partial charge on any atom is -0.443 e. The van der Waals surface area contributed by atoms with Gasteiger partial charge in [0, 0.05) is 23.8 Å². The van der Waals surface area contributed by atoms with Crippen LogP contribution in [0.4, 0.5) is 10.6 Å². The zero-order valence-corrected chi connectivity index (χ0v) is 16.7. The van der Waals surface area contributed by atoms with Crippen molar-refractivity contribution in [2.45, 2.75) is 83.9 Å². The number of hydrogen-bond donors (Lipinski definition) is 0. The number of carbonyl (C=O) groups is 1. The highest BCUT2D eigenvalue weighted by Gasteiger charge is 2.37. The van der Waals surface area contributed by atoms with Gasteiger partial charge in [-0.3, -0.25) is 9.80 Å². The lowest BCUT2D eigenvalue weighted by molar-refractivity contribution is 0.0547. The van der Waals surface area contributed by atoms with Crippen molar-refractivity contribution in [1.82, 2.24) is 9.88 Å². The molecule has 1 saturated heterocycles.